The van der Waals surface area contributed by atoms with Crippen LogP contribution in [0.1, 0.15) is 15.9 Å². The van der Waals surface area contributed by atoms with Gasteiger partial charge in [0.25, 0.3) is 5.91 Å². The van der Waals surface area contributed by atoms with E-state index >= 15 is 0 Å². The number of rotatable bonds is 3. The minimum absolute atomic E-state index is 0.280. The average molecular weight is 395 g/mol. The zero-order valence-corrected chi connectivity index (χ0v) is 13.3. The molecule has 1 amide bonds. The summed E-state index contributed by atoms with van der Waals surface area (Å²) in [6.07, 6.45) is 0. The van der Waals surface area contributed by atoms with E-state index in [0.29, 0.717) is 11.1 Å². The molecule has 0 saturated heterocycles. The number of hydrogen-bond donors (Lipinski definition) is 2. The van der Waals surface area contributed by atoms with Crippen LogP contribution in [0, 0.1) is 11.3 Å². The van der Waals surface area contributed by atoms with Gasteiger partial charge in [0, 0.05) is 14.5 Å². The van der Waals surface area contributed by atoms with Gasteiger partial charge < -0.3 is 0 Å². The molecule has 0 saturated carbocycles. The van der Waals surface area contributed by atoms with Gasteiger partial charge in [-0.15, -0.1) is 0 Å². The SMILES string of the molecule is N#Cc1ccc(C(=O)NNc2c(Br)cccc2Br)cc1. The van der Waals surface area contributed by atoms with Crippen molar-refractivity contribution in [3.05, 3.63) is 62.5 Å². The molecule has 2 aromatic rings. The fourth-order valence-corrected chi connectivity index (χ4v) is 2.70. The molecule has 0 unspecified atom stereocenters. The van der Waals surface area contributed by atoms with Gasteiger partial charge in [-0.05, 0) is 68.3 Å². The molecule has 0 bridgehead atoms. The van der Waals surface area contributed by atoms with Crippen LogP contribution in [0.5, 0.6) is 0 Å². The van der Waals surface area contributed by atoms with Crippen molar-refractivity contribution in [2.75, 3.05) is 5.43 Å². The lowest BCUT2D eigenvalue weighted by molar-refractivity contribution is 0.0962. The van der Waals surface area contributed by atoms with E-state index in [-0.39, 0.29) is 5.91 Å². The molecular formula is C14H9Br2N3O. The van der Waals surface area contributed by atoms with Crippen molar-refractivity contribution in [3.63, 3.8) is 0 Å². The average Bonchev–Trinajstić information content (AvgIpc) is 2.46. The van der Waals surface area contributed by atoms with Gasteiger partial charge in [-0.3, -0.25) is 15.6 Å². The molecule has 0 radical (unpaired) electrons. The largest absolute Gasteiger partial charge is 0.296 e. The van der Waals surface area contributed by atoms with E-state index < -0.39 is 0 Å². The number of nitriles is 1. The van der Waals surface area contributed by atoms with Crippen molar-refractivity contribution in [2.45, 2.75) is 0 Å². The van der Waals surface area contributed by atoms with Crippen molar-refractivity contribution < 1.29 is 4.79 Å². The predicted molar refractivity (Wildman–Crippen MR) is 84.1 cm³/mol. The van der Waals surface area contributed by atoms with Crippen LogP contribution in [-0.2, 0) is 0 Å². The Balaban J connectivity index is 2.07. The Labute approximate surface area is 133 Å². The van der Waals surface area contributed by atoms with Crippen LogP contribution < -0.4 is 10.9 Å². The van der Waals surface area contributed by atoms with Gasteiger partial charge in [0.15, 0.2) is 0 Å². The molecule has 4 nitrogen and oxygen atoms in total. The Morgan fingerprint density at radius 1 is 1.05 bits per heavy atom. The third-order valence-electron chi connectivity index (χ3n) is 2.54. The molecule has 20 heavy (non-hydrogen) atoms. The first-order chi connectivity index (χ1) is 9.61. The first kappa shape index (κ1) is 14.6. The van der Waals surface area contributed by atoms with Crippen LogP contribution in [0.4, 0.5) is 5.69 Å². The monoisotopic (exact) mass is 393 g/mol. The van der Waals surface area contributed by atoms with Gasteiger partial charge in [-0.2, -0.15) is 5.26 Å². The van der Waals surface area contributed by atoms with Crippen molar-refractivity contribution in [3.8, 4) is 6.07 Å². The van der Waals surface area contributed by atoms with Crippen LogP contribution in [0.15, 0.2) is 51.4 Å². The second-order valence-corrected chi connectivity index (χ2v) is 5.57. The zero-order chi connectivity index (χ0) is 14.5. The number of anilines is 1. The van der Waals surface area contributed by atoms with E-state index in [1.165, 1.54) is 0 Å². The quantitative estimate of drug-likeness (QED) is 0.777. The summed E-state index contributed by atoms with van der Waals surface area (Å²) in [4.78, 5) is 12.0. The Morgan fingerprint density at radius 3 is 2.20 bits per heavy atom. The summed E-state index contributed by atoms with van der Waals surface area (Å²) in [6.45, 7) is 0. The molecule has 0 aliphatic heterocycles. The molecule has 2 rings (SSSR count). The molecule has 0 aliphatic carbocycles. The number of hydrogen-bond acceptors (Lipinski definition) is 3. The van der Waals surface area contributed by atoms with E-state index in [1.807, 2.05) is 24.3 Å². The van der Waals surface area contributed by atoms with Crippen LogP contribution in [-0.4, -0.2) is 5.91 Å². The molecule has 2 aromatic carbocycles. The minimum Gasteiger partial charge on any atom is -0.296 e. The second-order valence-electron chi connectivity index (χ2n) is 3.86. The van der Waals surface area contributed by atoms with Crippen molar-refractivity contribution >= 4 is 43.5 Å². The number of nitrogens with zero attached hydrogens (tertiary/aromatic N) is 1. The van der Waals surface area contributed by atoms with E-state index in [4.69, 9.17) is 5.26 Å². The molecule has 0 spiro atoms. The van der Waals surface area contributed by atoms with E-state index in [9.17, 15) is 4.79 Å². The predicted octanol–water partition coefficient (Wildman–Crippen LogP) is 3.84. The molecule has 0 fully saturated rings. The highest BCUT2D eigenvalue weighted by molar-refractivity contribution is 9.11. The molecule has 0 aliphatic rings. The first-order valence-corrected chi connectivity index (χ1v) is 7.21. The van der Waals surface area contributed by atoms with Gasteiger partial charge >= 0.3 is 0 Å². The fraction of sp³-hybridized carbons (Fsp3) is 0. The normalized spacial score (nSPS) is 9.65. The van der Waals surface area contributed by atoms with E-state index in [0.717, 1.165) is 14.6 Å². The van der Waals surface area contributed by atoms with Crippen molar-refractivity contribution in [1.29, 1.82) is 5.26 Å². The maximum absolute atomic E-state index is 12.0. The number of halogens is 2. The lowest BCUT2D eigenvalue weighted by Gasteiger charge is -2.11. The summed E-state index contributed by atoms with van der Waals surface area (Å²) < 4.78 is 1.65. The number of hydrazine groups is 1. The van der Waals surface area contributed by atoms with Gasteiger partial charge in [0.2, 0.25) is 0 Å². The fourth-order valence-electron chi connectivity index (χ4n) is 1.50. The zero-order valence-electron chi connectivity index (χ0n) is 10.2. The second kappa shape index (κ2) is 6.55. The number of carbonyl (C=O) groups excluding carboxylic acids is 1. The van der Waals surface area contributed by atoms with Crippen molar-refractivity contribution in [1.82, 2.24) is 5.43 Å². The molecule has 2 N–H and O–H groups in total. The molecule has 100 valence electrons. The van der Waals surface area contributed by atoms with Crippen LogP contribution in [0.25, 0.3) is 0 Å². The van der Waals surface area contributed by atoms with E-state index in [1.54, 1.807) is 24.3 Å². The van der Waals surface area contributed by atoms with Crippen LogP contribution in [0.2, 0.25) is 0 Å². The minimum atomic E-state index is -0.280. The maximum atomic E-state index is 12.0. The highest BCUT2D eigenvalue weighted by Gasteiger charge is 2.08. The summed E-state index contributed by atoms with van der Waals surface area (Å²) in [5.74, 6) is -0.280. The Morgan fingerprint density at radius 2 is 1.65 bits per heavy atom. The third kappa shape index (κ3) is 3.38. The third-order valence-corrected chi connectivity index (χ3v) is 3.86. The Kier molecular flexibility index (Phi) is 4.77. The van der Waals surface area contributed by atoms with Gasteiger partial charge in [0.1, 0.15) is 0 Å². The summed E-state index contributed by atoms with van der Waals surface area (Å²) >= 11 is 6.78. The summed E-state index contributed by atoms with van der Waals surface area (Å²) in [7, 11) is 0. The van der Waals surface area contributed by atoms with Gasteiger partial charge in [-0.1, -0.05) is 6.07 Å². The topological polar surface area (TPSA) is 64.9 Å². The lowest BCUT2D eigenvalue weighted by atomic mass is 10.1. The Bertz CT molecular complexity index is 658. The summed E-state index contributed by atoms with van der Waals surface area (Å²) in [5.41, 5.74) is 7.17. The van der Waals surface area contributed by atoms with Crippen LogP contribution >= 0.6 is 31.9 Å². The standard InChI is InChI=1S/C14H9Br2N3O/c15-11-2-1-3-12(16)13(11)18-19-14(20)10-6-4-9(8-17)5-7-10/h1-7,18H,(H,19,20). The molecular weight excluding hydrogens is 386 g/mol. The smallest absolute Gasteiger partial charge is 0.269 e. The molecule has 0 heterocycles. The first-order valence-electron chi connectivity index (χ1n) is 5.62. The summed E-state index contributed by atoms with van der Waals surface area (Å²) in [5, 5.41) is 8.71. The number of amides is 1. The highest BCUT2D eigenvalue weighted by atomic mass is 79.9. The van der Waals surface area contributed by atoms with E-state index in [2.05, 4.69) is 42.7 Å². The number of carbonyl (C=O) groups is 1. The molecule has 6 heteroatoms. The number of nitrogens with one attached hydrogen (secondary N) is 2. The Hall–Kier alpha value is -1.84. The van der Waals surface area contributed by atoms with Crippen molar-refractivity contribution in [2.24, 2.45) is 0 Å². The lowest BCUT2D eigenvalue weighted by Crippen LogP contribution is -2.29. The van der Waals surface area contributed by atoms with Crippen LogP contribution in [0.3, 0.4) is 0 Å². The number of benzene rings is 2. The number of para-hydroxylation sites is 1. The molecule has 0 aromatic heterocycles. The highest BCUT2D eigenvalue weighted by Crippen LogP contribution is 2.29. The molecule has 0 atom stereocenters. The summed E-state index contributed by atoms with van der Waals surface area (Å²) in [6, 6.07) is 14.0. The van der Waals surface area contributed by atoms with Gasteiger partial charge in [0.05, 0.1) is 17.3 Å². The van der Waals surface area contributed by atoms with Gasteiger partial charge in [-0.25, -0.2) is 0 Å². The maximum Gasteiger partial charge on any atom is 0.269 e.